The van der Waals surface area contributed by atoms with Crippen LogP contribution in [0.25, 0.3) is 0 Å². The first-order valence-corrected chi connectivity index (χ1v) is 8.96. The van der Waals surface area contributed by atoms with Gasteiger partial charge in [-0.05, 0) is 35.7 Å². The van der Waals surface area contributed by atoms with E-state index in [0.717, 1.165) is 11.1 Å². The molecule has 2 aromatic carbocycles. The van der Waals surface area contributed by atoms with Gasteiger partial charge in [-0.2, -0.15) is 13.2 Å². The van der Waals surface area contributed by atoms with Crippen molar-refractivity contribution in [2.24, 2.45) is 0 Å². The van der Waals surface area contributed by atoms with E-state index < -0.39 is 12.8 Å². The number of fused-ring (bicyclic) bond motifs is 1. The Morgan fingerprint density at radius 3 is 2.52 bits per heavy atom. The van der Waals surface area contributed by atoms with E-state index in [2.05, 4.69) is 15.4 Å². The van der Waals surface area contributed by atoms with Gasteiger partial charge >= 0.3 is 12.2 Å². The maximum atomic E-state index is 12.1. The number of amides is 2. The molecule has 0 saturated heterocycles. The number of hydrogen-bond donors (Lipinski definition) is 2. The number of benzene rings is 2. The molecule has 3 rings (SSSR count). The fraction of sp³-hybridized carbons (Fsp3) is 0.350. The average Bonchev–Trinajstić information content (AvgIpc) is 3.14. The average molecular weight is 410 g/mol. The van der Waals surface area contributed by atoms with Gasteiger partial charge in [0.05, 0.1) is 12.6 Å². The van der Waals surface area contributed by atoms with Crippen LogP contribution in [-0.4, -0.2) is 25.6 Å². The molecular weight excluding hydrogens is 389 g/mol. The van der Waals surface area contributed by atoms with Crippen LogP contribution in [0.4, 0.5) is 18.0 Å². The summed E-state index contributed by atoms with van der Waals surface area (Å²) < 4.78 is 51.4. The molecule has 1 atom stereocenters. The first-order valence-electron chi connectivity index (χ1n) is 8.96. The molecule has 1 aliphatic rings. The molecule has 156 valence electrons. The van der Waals surface area contributed by atoms with Crippen LogP contribution in [0, 0.1) is 0 Å². The molecule has 1 heterocycles. The van der Waals surface area contributed by atoms with Crippen molar-refractivity contribution in [3.05, 3.63) is 59.2 Å². The molecule has 2 aromatic rings. The third kappa shape index (κ3) is 6.28. The highest BCUT2D eigenvalue weighted by Crippen LogP contribution is 2.34. The Balaban J connectivity index is 1.43. The topological polar surface area (TPSA) is 68.8 Å². The maximum Gasteiger partial charge on any atom is 0.411 e. The predicted octanol–water partition coefficient (Wildman–Crippen LogP) is 4.05. The standard InChI is InChI=1S/C20H21F3N2O4/c1-13(16-6-7-17-18(8-16)29-12-28-17)25-19(26)24-9-14-2-4-15(5-3-14)10-27-11-20(21,22)23/h2-8,13H,9-12H2,1H3,(H2,24,25,26). The minimum absolute atomic E-state index is 0.124. The van der Waals surface area contributed by atoms with Gasteiger partial charge in [0.25, 0.3) is 0 Å². The van der Waals surface area contributed by atoms with Crippen LogP contribution in [0.3, 0.4) is 0 Å². The summed E-state index contributed by atoms with van der Waals surface area (Å²) in [6, 6.07) is 11.7. The first kappa shape index (κ1) is 20.8. The SMILES string of the molecule is CC(NC(=O)NCc1ccc(COCC(F)(F)F)cc1)c1ccc2c(c1)OCO2. The zero-order valence-corrected chi connectivity index (χ0v) is 15.7. The van der Waals surface area contributed by atoms with Crippen LogP contribution in [-0.2, 0) is 17.9 Å². The first-order chi connectivity index (χ1) is 13.8. The number of ether oxygens (including phenoxy) is 3. The summed E-state index contributed by atoms with van der Waals surface area (Å²) in [6.07, 6.45) is -4.34. The van der Waals surface area contributed by atoms with Crippen LogP contribution in [0.1, 0.15) is 29.7 Å². The van der Waals surface area contributed by atoms with Crippen molar-refractivity contribution in [2.75, 3.05) is 13.4 Å². The van der Waals surface area contributed by atoms with Crippen molar-refractivity contribution in [1.82, 2.24) is 10.6 Å². The number of nitrogens with one attached hydrogen (secondary N) is 2. The molecular formula is C20H21F3N2O4. The number of hydrogen-bond acceptors (Lipinski definition) is 4. The number of urea groups is 1. The summed E-state index contributed by atoms with van der Waals surface area (Å²) in [5.41, 5.74) is 2.32. The second-order valence-electron chi connectivity index (χ2n) is 6.59. The van der Waals surface area contributed by atoms with Gasteiger partial charge in [0.1, 0.15) is 6.61 Å². The van der Waals surface area contributed by atoms with Gasteiger partial charge < -0.3 is 24.8 Å². The smallest absolute Gasteiger partial charge is 0.411 e. The van der Waals surface area contributed by atoms with Crippen LogP contribution < -0.4 is 20.1 Å². The summed E-state index contributed by atoms with van der Waals surface area (Å²) in [5.74, 6) is 1.33. The number of carbonyl (C=O) groups is 1. The summed E-state index contributed by atoms with van der Waals surface area (Å²) >= 11 is 0. The molecule has 29 heavy (non-hydrogen) atoms. The fourth-order valence-electron chi connectivity index (χ4n) is 2.73. The molecule has 0 spiro atoms. The van der Waals surface area contributed by atoms with Gasteiger partial charge in [-0.3, -0.25) is 0 Å². The number of alkyl halides is 3. The van der Waals surface area contributed by atoms with Gasteiger partial charge in [-0.25, -0.2) is 4.79 Å². The van der Waals surface area contributed by atoms with Gasteiger partial charge in [0.2, 0.25) is 6.79 Å². The minimum Gasteiger partial charge on any atom is -0.454 e. The van der Waals surface area contributed by atoms with E-state index in [9.17, 15) is 18.0 Å². The lowest BCUT2D eigenvalue weighted by molar-refractivity contribution is -0.176. The van der Waals surface area contributed by atoms with Crippen molar-refractivity contribution < 1.29 is 32.2 Å². The quantitative estimate of drug-likeness (QED) is 0.723. The molecule has 0 aliphatic carbocycles. The zero-order chi connectivity index (χ0) is 20.9. The molecule has 1 aliphatic heterocycles. The van der Waals surface area contributed by atoms with Crippen LogP contribution >= 0.6 is 0 Å². The molecule has 1 unspecified atom stereocenters. The van der Waals surface area contributed by atoms with Crippen molar-refractivity contribution in [1.29, 1.82) is 0 Å². The van der Waals surface area contributed by atoms with Crippen molar-refractivity contribution in [3.8, 4) is 11.5 Å². The lowest BCUT2D eigenvalue weighted by Crippen LogP contribution is -2.36. The molecule has 6 nitrogen and oxygen atoms in total. The number of halogens is 3. The minimum atomic E-state index is -4.34. The van der Waals surface area contributed by atoms with Crippen LogP contribution in [0.5, 0.6) is 11.5 Å². The van der Waals surface area contributed by atoms with E-state index in [1.54, 1.807) is 30.3 Å². The van der Waals surface area contributed by atoms with Crippen LogP contribution in [0.15, 0.2) is 42.5 Å². The van der Waals surface area contributed by atoms with Gasteiger partial charge in [-0.1, -0.05) is 30.3 Å². The molecule has 2 amide bonds. The number of carbonyl (C=O) groups excluding carboxylic acids is 1. The lowest BCUT2D eigenvalue weighted by atomic mass is 10.1. The fourth-order valence-corrected chi connectivity index (χ4v) is 2.73. The molecule has 9 heteroatoms. The lowest BCUT2D eigenvalue weighted by Gasteiger charge is -2.15. The highest BCUT2D eigenvalue weighted by atomic mass is 19.4. The van der Waals surface area contributed by atoms with E-state index in [4.69, 9.17) is 9.47 Å². The molecule has 2 N–H and O–H groups in total. The van der Waals surface area contributed by atoms with Gasteiger partial charge in [0, 0.05) is 6.54 Å². The Morgan fingerprint density at radius 1 is 1.10 bits per heavy atom. The summed E-state index contributed by atoms with van der Waals surface area (Å²) in [6.45, 7) is 0.920. The zero-order valence-electron chi connectivity index (χ0n) is 15.7. The normalized spacial score (nSPS) is 13.8. The summed E-state index contributed by atoms with van der Waals surface area (Å²) in [7, 11) is 0. The Kier molecular flexibility index (Phi) is 6.48. The predicted molar refractivity (Wildman–Crippen MR) is 98.5 cm³/mol. The van der Waals surface area contributed by atoms with Gasteiger partial charge in [0.15, 0.2) is 11.5 Å². The Morgan fingerprint density at radius 2 is 1.79 bits per heavy atom. The third-order valence-corrected chi connectivity index (χ3v) is 4.25. The largest absolute Gasteiger partial charge is 0.454 e. The molecule has 0 fully saturated rings. The molecule has 0 radical (unpaired) electrons. The van der Waals surface area contributed by atoms with Crippen molar-refractivity contribution >= 4 is 6.03 Å². The van der Waals surface area contributed by atoms with Gasteiger partial charge in [-0.15, -0.1) is 0 Å². The molecule has 0 saturated carbocycles. The van der Waals surface area contributed by atoms with Crippen molar-refractivity contribution in [2.45, 2.75) is 32.3 Å². The van der Waals surface area contributed by atoms with E-state index in [0.29, 0.717) is 17.1 Å². The summed E-state index contributed by atoms with van der Waals surface area (Å²) in [5, 5.41) is 5.59. The van der Waals surface area contributed by atoms with Crippen LogP contribution in [0.2, 0.25) is 0 Å². The second kappa shape index (κ2) is 9.04. The van der Waals surface area contributed by atoms with E-state index >= 15 is 0 Å². The Bertz CT molecular complexity index is 841. The highest BCUT2D eigenvalue weighted by molar-refractivity contribution is 5.74. The number of rotatable bonds is 7. The Hall–Kier alpha value is -2.94. The maximum absolute atomic E-state index is 12.1. The van der Waals surface area contributed by atoms with E-state index in [1.165, 1.54) is 0 Å². The van der Waals surface area contributed by atoms with Crippen molar-refractivity contribution in [3.63, 3.8) is 0 Å². The second-order valence-corrected chi connectivity index (χ2v) is 6.59. The monoisotopic (exact) mass is 410 g/mol. The molecule has 0 aromatic heterocycles. The summed E-state index contributed by atoms with van der Waals surface area (Å²) in [4.78, 5) is 12.1. The highest BCUT2D eigenvalue weighted by Gasteiger charge is 2.27. The van der Waals surface area contributed by atoms with E-state index in [1.807, 2.05) is 19.1 Å². The Labute approximate surface area is 166 Å². The van der Waals surface area contributed by atoms with E-state index in [-0.39, 0.29) is 32.0 Å². The molecule has 0 bridgehead atoms. The third-order valence-electron chi connectivity index (χ3n) is 4.25.